The van der Waals surface area contributed by atoms with Crippen molar-refractivity contribution in [1.29, 1.82) is 0 Å². The van der Waals surface area contributed by atoms with E-state index < -0.39 is 0 Å². The predicted octanol–water partition coefficient (Wildman–Crippen LogP) is 3.56. The van der Waals surface area contributed by atoms with Gasteiger partial charge in [-0.05, 0) is 43.2 Å². The Labute approximate surface area is 134 Å². The summed E-state index contributed by atoms with van der Waals surface area (Å²) >= 11 is 0. The van der Waals surface area contributed by atoms with Crippen LogP contribution in [0.3, 0.4) is 0 Å². The van der Waals surface area contributed by atoms with Gasteiger partial charge in [0.05, 0.1) is 0 Å². The van der Waals surface area contributed by atoms with Crippen LogP contribution in [-0.2, 0) is 0 Å². The monoisotopic (exact) mass is 306 g/mol. The Balaban J connectivity index is 1.89. The van der Waals surface area contributed by atoms with Gasteiger partial charge < -0.3 is 16.4 Å². The van der Waals surface area contributed by atoms with Crippen molar-refractivity contribution < 1.29 is 0 Å². The summed E-state index contributed by atoms with van der Waals surface area (Å²) in [4.78, 5) is 12.6. The molecular formula is C17H18N6. The van der Waals surface area contributed by atoms with Crippen LogP contribution in [-0.4, -0.2) is 15.0 Å². The van der Waals surface area contributed by atoms with Crippen molar-refractivity contribution in [3.63, 3.8) is 0 Å². The van der Waals surface area contributed by atoms with Crippen LogP contribution in [0.1, 0.15) is 11.1 Å². The molecule has 0 saturated heterocycles. The first kappa shape index (κ1) is 14.8. The van der Waals surface area contributed by atoms with Gasteiger partial charge in [-0.3, -0.25) is 0 Å². The highest BCUT2D eigenvalue weighted by molar-refractivity contribution is 5.80. The first-order chi connectivity index (χ1) is 11.1. The lowest BCUT2D eigenvalue weighted by Crippen LogP contribution is -2.06. The molecule has 0 aliphatic rings. The quantitative estimate of drug-likeness (QED) is 0.683. The molecule has 0 unspecified atom stereocenters. The summed E-state index contributed by atoms with van der Waals surface area (Å²) in [5, 5.41) is 6.37. The van der Waals surface area contributed by atoms with E-state index in [1.807, 2.05) is 30.3 Å². The molecule has 0 spiro atoms. The van der Waals surface area contributed by atoms with Gasteiger partial charge in [-0.2, -0.15) is 0 Å². The van der Waals surface area contributed by atoms with Crippen LogP contribution in [0.15, 0.2) is 48.9 Å². The van der Waals surface area contributed by atoms with Crippen molar-refractivity contribution in [3.8, 4) is 0 Å². The number of rotatable bonds is 4. The molecule has 0 saturated carbocycles. The molecule has 4 N–H and O–H groups in total. The number of hydrogen-bond acceptors (Lipinski definition) is 6. The van der Waals surface area contributed by atoms with Gasteiger partial charge in [0.15, 0.2) is 11.6 Å². The minimum Gasteiger partial charge on any atom is -0.393 e. The predicted molar refractivity (Wildman–Crippen MR) is 93.2 cm³/mol. The maximum atomic E-state index is 6.19. The topological polar surface area (TPSA) is 88.8 Å². The van der Waals surface area contributed by atoms with Gasteiger partial charge in [0, 0.05) is 11.9 Å². The second-order valence-electron chi connectivity index (χ2n) is 5.20. The maximum absolute atomic E-state index is 6.19. The summed E-state index contributed by atoms with van der Waals surface area (Å²) in [5.74, 6) is 1.76. The van der Waals surface area contributed by atoms with Gasteiger partial charge >= 0.3 is 0 Å². The molecule has 6 heteroatoms. The first-order valence-corrected chi connectivity index (χ1v) is 7.27. The van der Waals surface area contributed by atoms with Crippen LogP contribution in [0.2, 0.25) is 0 Å². The van der Waals surface area contributed by atoms with Gasteiger partial charge in [-0.15, -0.1) is 0 Å². The van der Waals surface area contributed by atoms with Gasteiger partial charge in [0.25, 0.3) is 0 Å². The lowest BCUT2D eigenvalue weighted by Gasteiger charge is -2.14. The van der Waals surface area contributed by atoms with E-state index in [9.17, 15) is 0 Å². The van der Waals surface area contributed by atoms with Crippen molar-refractivity contribution in [2.75, 3.05) is 16.4 Å². The van der Waals surface area contributed by atoms with Crippen LogP contribution in [0.5, 0.6) is 0 Å². The summed E-state index contributed by atoms with van der Waals surface area (Å²) in [5.41, 5.74) is 9.96. The van der Waals surface area contributed by atoms with Crippen molar-refractivity contribution in [3.05, 3.63) is 60.0 Å². The number of aromatic nitrogens is 3. The molecule has 23 heavy (non-hydrogen) atoms. The second-order valence-corrected chi connectivity index (χ2v) is 5.20. The van der Waals surface area contributed by atoms with Gasteiger partial charge in [0.1, 0.15) is 17.8 Å². The number of nitrogens with one attached hydrogen (secondary N) is 2. The smallest absolute Gasteiger partial charge is 0.160 e. The number of aryl methyl sites for hydroxylation is 1. The molecule has 3 aromatic rings. The summed E-state index contributed by atoms with van der Waals surface area (Å²) in [6.45, 7) is 4.13. The molecular weight excluding hydrogens is 288 g/mol. The molecule has 2 heterocycles. The van der Waals surface area contributed by atoms with Crippen molar-refractivity contribution in [2.24, 2.45) is 0 Å². The summed E-state index contributed by atoms with van der Waals surface area (Å²) in [6, 6.07) is 11.6. The van der Waals surface area contributed by atoms with Crippen LogP contribution >= 0.6 is 0 Å². The fourth-order valence-corrected chi connectivity index (χ4v) is 2.17. The maximum Gasteiger partial charge on any atom is 0.160 e. The molecule has 0 aliphatic heterocycles. The highest BCUT2D eigenvalue weighted by Gasteiger charge is 2.10. The van der Waals surface area contributed by atoms with Gasteiger partial charge in [-0.25, -0.2) is 15.0 Å². The van der Waals surface area contributed by atoms with E-state index in [1.165, 1.54) is 11.9 Å². The largest absolute Gasteiger partial charge is 0.393 e. The minimum absolute atomic E-state index is 0.444. The molecule has 3 rings (SSSR count). The number of pyridine rings is 1. The molecule has 0 bridgehead atoms. The Kier molecular flexibility index (Phi) is 4.05. The van der Waals surface area contributed by atoms with E-state index in [1.54, 1.807) is 6.20 Å². The van der Waals surface area contributed by atoms with Crippen LogP contribution in [0, 0.1) is 13.8 Å². The fourth-order valence-electron chi connectivity index (χ4n) is 2.17. The molecule has 0 aliphatic carbocycles. The summed E-state index contributed by atoms with van der Waals surface area (Å²) in [7, 11) is 0. The molecule has 6 nitrogen and oxygen atoms in total. The lowest BCUT2D eigenvalue weighted by molar-refractivity contribution is 1.16. The van der Waals surface area contributed by atoms with E-state index in [-0.39, 0.29) is 0 Å². The summed E-state index contributed by atoms with van der Waals surface area (Å²) < 4.78 is 0. The third kappa shape index (κ3) is 3.21. The van der Waals surface area contributed by atoms with Crippen molar-refractivity contribution in [1.82, 2.24) is 15.0 Å². The van der Waals surface area contributed by atoms with E-state index >= 15 is 0 Å². The van der Waals surface area contributed by atoms with Crippen LogP contribution < -0.4 is 16.4 Å². The molecule has 0 atom stereocenters. The molecule has 0 fully saturated rings. The average Bonchev–Trinajstić information content (AvgIpc) is 2.56. The van der Waals surface area contributed by atoms with E-state index in [4.69, 9.17) is 5.73 Å². The average molecular weight is 306 g/mol. The van der Waals surface area contributed by atoms with E-state index in [2.05, 4.69) is 45.5 Å². The van der Waals surface area contributed by atoms with E-state index in [0.717, 1.165) is 11.3 Å². The summed E-state index contributed by atoms with van der Waals surface area (Å²) in [6.07, 6.45) is 3.17. The zero-order valence-electron chi connectivity index (χ0n) is 13.0. The number of benzene rings is 1. The second kappa shape index (κ2) is 6.31. The number of nitrogens with two attached hydrogens (primary N) is 1. The Morgan fingerprint density at radius 2 is 1.65 bits per heavy atom. The normalized spacial score (nSPS) is 10.3. The lowest BCUT2D eigenvalue weighted by atomic mass is 10.1. The third-order valence-electron chi connectivity index (χ3n) is 3.65. The molecule has 0 radical (unpaired) electrons. The Morgan fingerprint density at radius 3 is 2.39 bits per heavy atom. The van der Waals surface area contributed by atoms with Gasteiger partial charge in [-0.1, -0.05) is 18.2 Å². The number of nitrogens with zero attached hydrogens (tertiary/aromatic N) is 3. The number of nitrogen functional groups attached to an aromatic ring is 1. The van der Waals surface area contributed by atoms with E-state index in [0.29, 0.717) is 23.1 Å². The van der Waals surface area contributed by atoms with Crippen molar-refractivity contribution >= 4 is 28.8 Å². The van der Waals surface area contributed by atoms with Crippen LogP contribution in [0.25, 0.3) is 0 Å². The molecule has 0 amide bonds. The van der Waals surface area contributed by atoms with Crippen LogP contribution in [0.4, 0.5) is 28.8 Å². The molecule has 116 valence electrons. The Morgan fingerprint density at radius 1 is 0.870 bits per heavy atom. The molecule has 2 aromatic heterocycles. The highest BCUT2D eigenvalue weighted by atomic mass is 15.1. The highest BCUT2D eigenvalue weighted by Crippen LogP contribution is 2.29. The molecule has 1 aromatic carbocycles. The standard InChI is InChI=1S/C17H18N6/c1-11-6-5-7-13(12(11)2)22-16-15(18)17(21-10-20-16)23-14-8-3-4-9-19-14/h3-10H,18H2,1-2H3,(H2,19,20,21,22,23). The fraction of sp³-hybridized carbons (Fsp3) is 0.118. The first-order valence-electron chi connectivity index (χ1n) is 7.27. The third-order valence-corrected chi connectivity index (χ3v) is 3.65. The van der Waals surface area contributed by atoms with Gasteiger partial charge in [0.2, 0.25) is 0 Å². The van der Waals surface area contributed by atoms with Crippen molar-refractivity contribution in [2.45, 2.75) is 13.8 Å². The Bertz CT molecular complexity index is 817. The number of hydrogen-bond donors (Lipinski definition) is 3. The zero-order valence-corrected chi connectivity index (χ0v) is 13.0. The number of anilines is 5. The zero-order chi connectivity index (χ0) is 16.2. The minimum atomic E-state index is 0.444. The SMILES string of the molecule is Cc1cccc(Nc2ncnc(Nc3ccccn3)c2N)c1C. The Hall–Kier alpha value is -3.15.